The van der Waals surface area contributed by atoms with Gasteiger partial charge in [-0.25, -0.2) is 9.59 Å². The average Bonchev–Trinajstić information content (AvgIpc) is 3.43. The van der Waals surface area contributed by atoms with E-state index in [0.717, 1.165) is 31.5 Å². The van der Waals surface area contributed by atoms with Crippen molar-refractivity contribution >= 4 is 23.3 Å². The fourth-order valence-corrected chi connectivity index (χ4v) is 4.94. The van der Waals surface area contributed by atoms with E-state index in [4.69, 9.17) is 29.3 Å². The number of aliphatic carboxylic acids is 2. The van der Waals surface area contributed by atoms with E-state index in [0.29, 0.717) is 13.2 Å². The summed E-state index contributed by atoms with van der Waals surface area (Å²) >= 11 is 1.91. The van der Waals surface area contributed by atoms with Gasteiger partial charge in [0.2, 0.25) is 0 Å². The number of nitrogens with zero attached hydrogens (tertiary/aromatic N) is 2. The van der Waals surface area contributed by atoms with E-state index in [9.17, 15) is 26.3 Å². The van der Waals surface area contributed by atoms with E-state index in [1.54, 1.807) is 6.20 Å². The van der Waals surface area contributed by atoms with Gasteiger partial charge in [-0.3, -0.25) is 9.88 Å². The Balaban J connectivity index is 0.000000317. The molecule has 39 heavy (non-hydrogen) atoms. The summed E-state index contributed by atoms with van der Waals surface area (Å²) in [7, 11) is 0. The van der Waals surface area contributed by atoms with E-state index in [-0.39, 0.29) is 11.7 Å². The summed E-state index contributed by atoms with van der Waals surface area (Å²) in [6, 6.07) is 8.49. The van der Waals surface area contributed by atoms with Crippen LogP contribution < -0.4 is 0 Å². The number of likely N-dealkylation sites (tertiary alicyclic amines) is 1. The van der Waals surface area contributed by atoms with Crippen molar-refractivity contribution in [2.45, 2.75) is 63.4 Å². The van der Waals surface area contributed by atoms with Gasteiger partial charge in [-0.15, -0.1) is 11.3 Å². The lowest BCUT2D eigenvalue weighted by molar-refractivity contribution is -0.193. The Labute approximate surface area is 224 Å². The number of rotatable bonds is 5. The van der Waals surface area contributed by atoms with Gasteiger partial charge in [-0.1, -0.05) is 6.07 Å². The highest BCUT2D eigenvalue weighted by atomic mass is 32.1. The molecule has 0 saturated carbocycles. The molecule has 2 saturated heterocycles. The van der Waals surface area contributed by atoms with Gasteiger partial charge < -0.3 is 19.7 Å². The minimum atomic E-state index is -5.08. The van der Waals surface area contributed by atoms with Crippen LogP contribution in [0.3, 0.4) is 0 Å². The van der Waals surface area contributed by atoms with Crippen LogP contribution in [0.25, 0.3) is 0 Å². The average molecular weight is 587 g/mol. The first-order valence-corrected chi connectivity index (χ1v) is 12.4. The molecule has 2 fully saturated rings. The van der Waals surface area contributed by atoms with E-state index in [1.807, 2.05) is 23.6 Å². The zero-order valence-corrected chi connectivity index (χ0v) is 21.6. The van der Waals surface area contributed by atoms with Crippen LogP contribution in [0.1, 0.15) is 34.6 Å². The number of aryl methyl sites for hydroxylation is 1. The first-order chi connectivity index (χ1) is 18.1. The van der Waals surface area contributed by atoms with Crippen molar-refractivity contribution in [2.75, 3.05) is 19.7 Å². The van der Waals surface area contributed by atoms with E-state index < -0.39 is 24.3 Å². The number of pyridine rings is 1. The number of ether oxygens (including phenoxy) is 2. The molecule has 2 aromatic rings. The fraction of sp³-hybridized carbons (Fsp3) is 0.542. The van der Waals surface area contributed by atoms with Crippen molar-refractivity contribution in [3.05, 3.63) is 52.0 Å². The van der Waals surface area contributed by atoms with Crippen molar-refractivity contribution in [3.63, 3.8) is 0 Å². The number of carbonyl (C=O) groups is 2. The topological polar surface area (TPSA) is 109 Å². The maximum Gasteiger partial charge on any atom is 0.490 e. The summed E-state index contributed by atoms with van der Waals surface area (Å²) in [4.78, 5) is 27.3. The minimum Gasteiger partial charge on any atom is -0.475 e. The van der Waals surface area contributed by atoms with Crippen LogP contribution in [0, 0.1) is 6.92 Å². The highest BCUT2D eigenvalue weighted by Crippen LogP contribution is 2.36. The molecule has 218 valence electrons. The molecule has 15 heteroatoms. The van der Waals surface area contributed by atoms with Gasteiger partial charge in [-0.05, 0) is 50.1 Å². The minimum absolute atomic E-state index is 0.00976. The smallest absolute Gasteiger partial charge is 0.475 e. The van der Waals surface area contributed by atoms with Crippen LogP contribution in [0.2, 0.25) is 0 Å². The normalized spacial score (nSPS) is 21.5. The van der Waals surface area contributed by atoms with Crippen LogP contribution in [0.4, 0.5) is 26.3 Å². The molecule has 2 aliphatic heterocycles. The standard InChI is InChI=1S/C20H26N2O2S.2C2HF3O2/c1-16-5-6-19(25-16)12-22-9-3-7-20(15-22)10-18(14-24-20)23-13-17-4-2-8-21-11-17;2*3-2(4,5)1(6)7/h2,4-6,8,11,18H,3,7,9-10,12-15H2,1H3;2*(H,6,7)/t18-,20-;;/m0../s1. The molecule has 0 unspecified atom stereocenters. The molecule has 2 aliphatic rings. The van der Waals surface area contributed by atoms with Crippen molar-refractivity contribution in [3.8, 4) is 0 Å². The SMILES string of the molecule is Cc1ccc(CN2CCC[C@]3(C[C@H](OCc4cccnc4)CO3)C2)s1.O=C(O)C(F)(F)F.O=C(O)C(F)(F)F. The summed E-state index contributed by atoms with van der Waals surface area (Å²) in [5.74, 6) is -5.51. The largest absolute Gasteiger partial charge is 0.490 e. The lowest BCUT2D eigenvalue weighted by Crippen LogP contribution is -2.47. The van der Waals surface area contributed by atoms with Crippen LogP contribution in [-0.4, -0.2) is 75.8 Å². The Morgan fingerprint density at radius 3 is 2.31 bits per heavy atom. The number of thiophene rings is 1. The third-order valence-electron chi connectivity index (χ3n) is 5.66. The summed E-state index contributed by atoms with van der Waals surface area (Å²) in [6.07, 6.45) is -2.93. The molecule has 2 atom stereocenters. The van der Waals surface area contributed by atoms with Crippen LogP contribution in [-0.2, 0) is 32.2 Å². The Kier molecular flexibility index (Phi) is 11.7. The summed E-state index contributed by atoms with van der Waals surface area (Å²) in [6.45, 7) is 6.75. The molecule has 4 heterocycles. The van der Waals surface area contributed by atoms with E-state index >= 15 is 0 Å². The monoisotopic (exact) mass is 586 g/mol. The van der Waals surface area contributed by atoms with Crippen molar-refractivity contribution < 1.29 is 55.6 Å². The maximum atomic E-state index is 10.6. The molecular weight excluding hydrogens is 558 g/mol. The highest BCUT2D eigenvalue weighted by Gasteiger charge is 2.44. The first-order valence-electron chi connectivity index (χ1n) is 11.6. The zero-order valence-electron chi connectivity index (χ0n) is 20.8. The number of alkyl halides is 6. The molecule has 2 N–H and O–H groups in total. The van der Waals surface area contributed by atoms with Gasteiger partial charge >= 0.3 is 24.3 Å². The third-order valence-corrected chi connectivity index (χ3v) is 6.65. The summed E-state index contributed by atoms with van der Waals surface area (Å²) in [5.41, 5.74) is 1.12. The van der Waals surface area contributed by atoms with Gasteiger partial charge in [-0.2, -0.15) is 26.3 Å². The van der Waals surface area contributed by atoms with Crippen LogP contribution >= 0.6 is 11.3 Å². The quantitative estimate of drug-likeness (QED) is 0.469. The van der Waals surface area contributed by atoms with Crippen molar-refractivity contribution in [1.29, 1.82) is 0 Å². The number of carboxylic acid groups (broad SMARTS) is 2. The number of halogens is 6. The second kappa shape index (κ2) is 14.1. The molecule has 0 amide bonds. The molecule has 0 aromatic carbocycles. The lowest BCUT2D eigenvalue weighted by atomic mass is 9.89. The highest BCUT2D eigenvalue weighted by molar-refractivity contribution is 7.11. The molecule has 1 spiro atoms. The van der Waals surface area contributed by atoms with Gasteiger partial charge in [0.25, 0.3) is 0 Å². The predicted octanol–water partition coefficient (Wildman–Crippen LogP) is 5.06. The zero-order chi connectivity index (χ0) is 29.3. The maximum absolute atomic E-state index is 10.6. The molecular formula is C24H28F6N2O6S. The van der Waals surface area contributed by atoms with Crippen LogP contribution in [0.5, 0.6) is 0 Å². The number of piperidine rings is 1. The first kappa shape index (κ1) is 32.5. The Morgan fingerprint density at radius 1 is 1.15 bits per heavy atom. The lowest BCUT2D eigenvalue weighted by Gasteiger charge is -2.39. The Bertz CT molecular complexity index is 1040. The van der Waals surface area contributed by atoms with Gasteiger partial charge in [0.1, 0.15) is 0 Å². The molecule has 0 bridgehead atoms. The Hall–Kier alpha value is -2.75. The molecule has 8 nitrogen and oxygen atoms in total. The summed E-state index contributed by atoms with van der Waals surface area (Å²) in [5, 5.41) is 14.2. The number of hydrogen-bond acceptors (Lipinski definition) is 7. The van der Waals surface area contributed by atoms with E-state index in [1.165, 1.54) is 22.7 Å². The molecule has 2 aromatic heterocycles. The van der Waals surface area contributed by atoms with Crippen LogP contribution in [0.15, 0.2) is 36.7 Å². The van der Waals surface area contributed by atoms with Crippen molar-refractivity contribution in [1.82, 2.24) is 9.88 Å². The molecule has 0 aliphatic carbocycles. The molecule has 4 rings (SSSR count). The summed E-state index contributed by atoms with van der Waals surface area (Å²) < 4.78 is 75.8. The fourth-order valence-electron chi connectivity index (χ4n) is 4.01. The molecule has 0 radical (unpaired) electrons. The number of aromatic nitrogens is 1. The number of hydrogen-bond donors (Lipinski definition) is 2. The second-order valence-corrected chi connectivity index (χ2v) is 10.3. The van der Waals surface area contributed by atoms with E-state index in [2.05, 4.69) is 35.0 Å². The van der Waals surface area contributed by atoms with Gasteiger partial charge in [0, 0.05) is 41.7 Å². The Morgan fingerprint density at radius 2 is 1.79 bits per heavy atom. The predicted molar refractivity (Wildman–Crippen MR) is 127 cm³/mol. The second-order valence-electron chi connectivity index (χ2n) is 8.92. The third kappa shape index (κ3) is 11.5. The van der Waals surface area contributed by atoms with Gasteiger partial charge in [0.05, 0.1) is 24.9 Å². The van der Waals surface area contributed by atoms with Gasteiger partial charge in [0.15, 0.2) is 0 Å². The van der Waals surface area contributed by atoms with Crippen molar-refractivity contribution in [2.24, 2.45) is 0 Å². The number of carboxylic acids is 2.